The van der Waals surface area contributed by atoms with Crippen LogP contribution in [0.2, 0.25) is 0 Å². The highest BCUT2D eigenvalue weighted by Gasteiger charge is 2.41. The van der Waals surface area contributed by atoms with Crippen molar-refractivity contribution in [3.63, 3.8) is 0 Å². The van der Waals surface area contributed by atoms with Crippen molar-refractivity contribution in [2.75, 3.05) is 97.4 Å². The minimum atomic E-state index is -0.681. The van der Waals surface area contributed by atoms with Crippen molar-refractivity contribution in [2.24, 2.45) is 5.92 Å². The number of benzene rings is 2. The number of likely N-dealkylation sites (N-methyl/N-ethyl adjacent to an activating group) is 1. The van der Waals surface area contributed by atoms with Gasteiger partial charge in [-0.25, -0.2) is 9.97 Å². The standard InChI is InChI=1S/C51H70N12OS2/c1-32(2)38-29-65-46-42(38)44(58-50(5)18-19-50)54-48(56-46)53-35-12-15-40(41(28-35)64-9)63-22-16-36(17-23-63)61(8)31-66-30-39(33(3)4)43-45(59-51(6)20-21-51)55-49(57-47(43)66)52-34-10-13-37(14-11-34)62-26-24-60(7)25-27-62/h10-15,28-30,32-33,36,66H,16-27,31H2,1-9H3,(H2,52,55,57,59)(H2,53,54,56,58). The van der Waals surface area contributed by atoms with Gasteiger partial charge < -0.3 is 40.7 Å². The molecule has 0 spiro atoms. The molecule has 0 radical (unpaired) electrons. The first kappa shape index (κ1) is 45.0. The number of anilines is 8. The Hall–Kier alpha value is -4.83. The van der Waals surface area contributed by atoms with Crippen LogP contribution in [-0.2, 0) is 0 Å². The zero-order chi connectivity index (χ0) is 45.9. The number of nitrogens with zero attached hydrogens (tertiary/aromatic N) is 8. The number of hydrogen-bond acceptors (Lipinski definition) is 14. The lowest BCUT2D eigenvalue weighted by atomic mass is 9.98. The van der Waals surface area contributed by atoms with Gasteiger partial charge in [0, 0.05) is 85.4 Å². The summed E-state index contributed by atoms with van der Waals surface area (Å²) in [6, 6.07) is 15.7. The Balaban J connectivity index is 0.821. The summed E-state index contributed by atoms with van der Waals surface area (Å²) < 4.78 is 6.05. The number of hydrogen-bond donors (Lipinski definition) is 5. The van der Waals surface area contributed by atoms with E-state index in [1.807, 2.05) is 0 Å². The lowest BCUT2D eigenvalue weighted by molar-refractivity contribution is 0.239. The Morgan fingerprint density at radius 3 is 2.08 bits per heavy atom. The molecule has 13 nitrogen and oxygen atoms in total. The highest BCUT2D eigenvalue weighted by Crippen LogP contribution is 2.55. The molecule has 3 aromatic heterocycles. The molecule has 2 aliphatic carbocycles. The average molecular weight is 931 g/mol. The number of allylic oxidation sites excluding steroid dienone is 1. The zero-order valence-electron chi connectivity index (χ0n) is 40.5. The van der Waals surface area contributed by atoms with E-state index in [4.69, 9.17) is 24.7 Å². The molecule has 0 bridgehead atoms. The SMILES string of the molecule is COc1cc(Nc2nc(NC3(C)CC3)c3c(C(C)C)csc3n2)ccc1N1CCC(N(C)C[SH]2C=C(C(C)C)c3c(NC4(C)CC4)nc(Nc4ccc(N5CCN(C)CC5)cc4)nc32)CC1. The molecule has 10 rings (SSSR count). The topological polar surface area (TPSA) is 122 Å². The van der Waals surface area contributed by atoms with Gasteiger partial charge in [-0.15, -0.1) is 11.3 Å². The zero-order valence-corrected chi connectivity index (χ0v) is 42.2. The Labute approximate surface area is 398 Å². The first-order chi connectivity index (χ1) is 31.7. The molecule has 1 unspecified atom stereocenters. The predicted molar refractivity (Wildman–Crippen MR) is 280 cm³/mol. The molecule has 4 fully saturated rings. The van der Waals surface area contributed by atoms with Crippen LogP contribution in [-0.4, -0.2) is 113 Å². The number of rotatable bonds is 16. The van der Waals surface area contributed by atoms with E-state index >= 15 is 0 Å². The van der Waals surface area contributed by atoms with Gasteiger partial charge in [-0.2, -0.15) is 20.9 Å². The predicted octanol–water partition coefficient (Wildman–Crippen LogP) is 10.7. The van der Waals surface area contributed by atoms with Gasteiger partial charge in [0.25, 0.3) is 0 Å². The van der Waals surface area contributed by atoms with Crippen LogP contribution in [0.4, 0.5) is 46.3 Å². The first-order valence-electron chi connectivity index (χ1n) is 24.2. The van der Waals surface area contributed by atoms with Crippen molar-refractivity contribution < 1.29 is 4.74 Å². The fraction of sp³-hybridized carbons (Fsp3) is 0.529. The molecule has 2 aromatic carbocycles. The molecule has 5 aromatic rings. The molecule has 1 atom stereocenters. The summed E-state index contributed by atoms with van der Waals surface area (Å²) in [6.45, 7) is 19.9. The average Bonchev–Trinajstić information content (AvgIpc) is 4.11. The van der Waals surface area contributed by atoms with Gasteiger partial charge in [-0.3, -0.25) is 4.90 Å². The van der Waals surface area contributed by atoms with Crippen LogP contribution in [0.1, 0.15) is 97.1 Å². The maximum atomic E-state index is 6.05. The van der Waals surface area contributed by atoms with E-state index in [9.17, 15) is 0 Å². The van der Waals surface area contributed by atoms with Crippen molar-refractivity contribution in [1.29, 1.82) is 0 Å². The number of thiophene rings is 1. The van der Waals surface area contributed by atoms with Crippen molar-refractivity contribution in [3.8, 4) is 5.75 Å². The third-order valence-corrected chi connectivity index (χ3v) is 17.6. The molecule has 66 heavy (non-hydrogen) atoms. The summed E-state index contributed by atoms with van der Waals surface area (Å²) in [5.74, 6) is 5.77. The summed E-state index contributed by atoms with van der Waals surface area (Å²) in [5, 5.41) is 21.9. The van der Waals surface area contributed by atoms with E-state index in [0.717, 1.165) is 128 Å². The van der Waals surface area contributed by atoms with E-state index in [0.29, 0.717) is 29.8 Å². The van der Waals surface area contributed by atoms with E-state index in [1.165, 1.54) is 27.4 Å². The number of fused-ring (bicyclic) bond motifs is 2. The molecular weight excluding hydrogens is 861 g/mol. The lowest BCUT2D eigenvalue weighted by Crippen LogP contribution is -2.44. The van der Waals surface area contributed by atoms with Gasteiger partial charge in [0.15, 0.2) is 0 Å². The van der Waals surface area contributed by atoms with E-state index in [2.05, 4.69) is 150 Å². The largest absolute Gasteiger partial charge is 0.495 e. The highest BCUT2D eigenvalue weighted by molar-refractivity contribution is 8.20. The third-order valence-electron chi connectivity index (χ3n) is 14.5. The molecule has 6 heterocycles. The number of nitrogens with one attached hydrogen (secondary N) is 4. The number of thiol groups is 1. The number of aromatic nitrogens is 4. The molecule has 2 saturated heterocycles. The van der Waals surface area contributed by atoms with Crippen molar-refractivity contribution in [2.45, 2.75) is 108 Å². The van der Waals surface area contributed by atoms with Crippen LogP contribution in [0.3, 0.4) is 0 Å². The lowest BCUT2D eigenvalue weighted by Gasteiger charge is -2.39. The smallest absolute Gasteiger partial charge is 0.230 e. The van der Waals surface area contributed by atoms with Crippen LogP contribution in [0.15, 0.2) is 58.3 Å². The van der Waals surface area contributed by atoms with E-state index in [-0.39, 0.29) is 11.1 Å². The Bertz CT molecular complexity index is 2590. The quantitative estimate of drug-likeness (QED) is 0.0477. The summed E-state index contributed by atoms with van der Waals surface area (Å²) in [6.07, 6.45) is 6.77. The van der Waals surface area contributed by atoms with Crippen LogP contribution in [0.5, 0.6) is 5.75 Å². The molecule has 5 aliphatic rings. The molecule has 15 heteroatoms. The Morgan fingerprint density at radius 2 is 1.42 bits per heavy atom. The van der Waals surface area contributed by atoms with Gasteiger partial charge in [0.1, 0.15) is 22.2 Å². The summed E-state index contributed by atoms with van der Waals surface area (Å²) >= 11 is 1.69. The highest BCUT2D eigenvalue weighted by atomic mass is 32.2. The number of methoxy groups -OCH3 is 1. The number of ether oxygens (including phenoxy) is 1. The second-order valence-electron chi connectivity index (χ2n) is 20.7. The molecule has 2 saturated carbocycles. The fourth-order valence-corrected chi connectivity index (χ4v) is 13.3. The monoisotopic (exact) mass is 931 g/mol. The maximum absolute atomic E-state index is 6.05. The van der Waals surface area contributed by atoms with Crippen molar-refractivity contribution >= 4 is 84.3 Å². The van der Waals surface area contributed by atoms with Gasteiger partial charge in [-0.05, 0) is 137 Å². The minimum Gasteiger partial charge on any atom is -0.495 e. The molecule has 0 amide bonds. The summed E-state index contributed by atoms with van der Waals surface area (Å²) in [5.41, 5.74) is 8.41. The minimum absolute atomic E-state index is 0.0855. The molecular formula is C51H70N12OS2. The Kier molecular flexibility index (Phi) is 12.3. The summed E-state index contributed by atoms with van der Waals surface area (Å²) in [7, 11) is 5.61. The number of piperazine rings is 1. The fourth-order valence-electron chi connectivity index (χ4n) is 9.64. The van der Waals surface area contributed by atoms with Crippen LogP contribution < -0.4 is 35.8 Å². The number of piperidine rings is 1. The second kappa shape index (κ2) is 18.0. The third kappa shape index (κ3) is 9.50. The van der Waals surface area contributed by atoms with Gasteiger partial charge in [0.05, 0.1) is 28.8 Å². The van der Waals surface area contributed by atoms with E-state index in [1.54, 1.807) is 18.4 Å². The normalized spacial score (nSPS) is 20.8. The van der Waals surface area contributed by atoms with Crippen molar-refractivity contribution in [3.05, 3.63) is 64.4 Å². The van der Waals surface area contributed by atoms with Crippen molar-refractivity contribution in [1.82, 2.24) is 29.7 Å². The van der Waals surface area contributed by atoms with Crippen LogP contribution >= 0.6 is 22.2 Å². The maximum Gasteiger partial charge on any atom is 0.230 e. The molecule has 3 aliphatic heterocycles. The Morgan fingerprint density at radius 1 is 0.788 bits per heavy atom. The summed E-state index contributed by atoms with van der Waals surface area (Å²) in [4.78, 5) is 31.6. The first-order valence-corrected chi connectivity index (χ1v) is 26.7. The molecule has 352 valence electrons. The van der Waals surface area contributed by atoms with Gasteiger partial charge in [0.2, 0.25) is 11.9 Å². The van der Waals surface area contributed by atoms with Gasteiger partial charge in [-0.1, -0.05) is 27.7 Å². The molecule has 4 N–H and O–H groups in total. The van der Waals surface area contributed by atoms with Crippen LogP contribution in [0, 0.1) is 5.92 Å². The van der Waals surface area contributed by atoms with Gasteiger partial charge >= 0.3 is 0 Å². The second-order valence-corrected chi connectivity index (χ2v) is 23.4. The van der Waals surface area contributed by atoms with E-state index < -0.39 is 10.9 Å². The van der Waals surface area contributed by atoms with Crippen LogP contribution in [0.25, 0.3) is 15.8 Å².